The van der Waals surface area contributed by atoms with E-state index in [4.69, 9.17) is 0 Å². The summed E-state index contributed by atoms with van der Waals surface area (Å²) >= 11 is 3.10. The number of sulfonamides is 1. The quantitative estimate of drug-likeness (QED) is 0.786. The van der Waals surface area contributed by atoms with Crippen molar-refractivity contribution in [3.8, 4) is 0 Å². The van der Waals surface area contributed by atoms with Gasteiger partial charge in [0.15, 0.2) is 0 Å². The molecule has 84 valence electrons. The highest BCUT2D eigenvalue weighted by molar-refractivity contribution is 9.08. The Bertz CT molecular complexity index is 422. The molecule has 0 heterocycles. The molecule has 3 nitrogen and oxygen atoms in total. The molecule has 15 heavy (non-hydrogen) atoms. The van der Waals surface area contributed by atoms with Gasteiger partial charge in [0.05, 0.1) is 4.90 Å². The van der Waals surface area contributed by atoms with Crippen molar-refractivity contribution in [1.82, 2.24) is 3.33 Å². The first-order valence-electron chi connectivity index (χ1n) is 4.52. The number of hydrogen-bond donors (Lipinski definition) is 0. The highest BCUT2D eigenvalue weighted by Crippen LogP contribution is 2.27. The van der Waals surface area contributed by atoms with E-state index in [0.29, 0.717) is 0 Å². The van der Waals surface area contributed by atoms with Gasteiger partial charge in [0.1, 0.15) is 0 Å². The van der Waals surface area contributed by atoms with Gasteiger partial charge in [-0.2, -0.15) is 0 Å². The maximum atomic E-state index is 12.1. The third-order valence-electron chi connectivity index (χ3n) is 1.78. The van der Waals surface area contributed by atoms with Gasteiger partial charge in [-0.25, -0.2) is 8.42 Å². The third-order valence-corrected chi connectivity index (χ3v) is 5.82. The van der Waals surface area contributed by atoms with Gasteiger partial charge in [-0.15, -0.1) is 3.33 Å². The van der Waals surface area contributed by atoms with Crippen LogP contribution in [0.4, 0.5) is 0 Å². The first-order valence-corrected chi connectivity index (χ1v) is 6.67. The summed E-state index contributed by atoms with van der Waals surface area (Å²) in [6, 6.07) is 8.35. The van der Waals surface area contributed by atoms with E-state index in [-0.39, 0.29) is 4.90 Å². The number of rotatable bonds is 2. The lowest BCUT2D eigenvalue weighted by atomic mass is 10.1. The van der Waals surface area contributed by atoms with Crippen LogP contribution < -0.4 is 0 Å². The largest absolute Gasteiger partial charge is 0.253 e. The molecule has 1 aromatic rings. The predicted octanol–water partition coefficient (Wildman–Crippen LogP) is 2.79. The molecule has 0 aromatic heterocycles. The summed E-state index contributed by atoms with van der Waals surface area (Å²) in [5, 5.41) is 0. The Morgan fingerprint density at radius 1 is 1.13 bits per heavy atom. The number of hydrogen-bond acceptors (Lipinski definition) is 2. The average molecular weight is 292 g/mol. The average Bonchev–Trinajstić information content (AvgIpc) is 2.16. The van der Waals surface area contributed by atoms with E-state index in [9.17, 15) is 8.42 Å². The summed E-state index contributed by atoms with van der Waals surface area (Å²) in [5.41, 5.74) is -0.491. The summed E-state index contributed by atoms with van der Waals surface area (Å²) in [5.74, 6) is 0. The molecule has 0 N–H and O–H groups in total. The molecule has 1 rings (SSSR count). The lowest BCUT2D eigenvalue weighted by Crippen LogP contribution is -2.37. The molecule has 0 unspecified atom stereocenters. The van der Waals surface area contributed by atoms with Crippen LogP contribution in [0.2, 0.25) is 0 Å². The molecular weight excluding hydrogens is 278 g/mol. The highest BCUT2D eigenvalue weighted by atomic mass is 79.9. The summed E-state index contributed by atoms with van der Waals surface area (Å²) < 4.78 is 25.3. The van der Waals surface area contributed by atoms with Crippen LogP contribution in [-0.4, -0.2) is 17.3 Å². The molecule has 0 saturated carbocycles. The van der Waals surface area contributed by atoms with Crippen molar-refractivity contribution in [2.75, 3.05) is 0 Å². The molecule has 0 saturated heterocycles. The maximum Gasteiger partial charge on any atom is 0.253 e. The van der Waals surface area contributed by atoms with Gasteiger partial charge in [0.2, 0.25) is 0 Å². The first-order chi connectivity index (χ1) is 6.76. The van der Waals surface area contributed by atoms with E-state index < -0.39 is 15.6 Å². The summed E-state index contributed by atoms with van der Waals surface area (Å²) in [6.07, 6.45) is 0. The normalized spacial score (nSPS) is 13.1. The summed E-state index contributed by atoms with van der Waals surface area (Å²) in [7, 11) is -3.45. The fraction of sp³-hybridized carbons (Fsp3) is 0.400. The van der Waals surface area contributed by atoms with Gasteiger partial charge in [-0.3, -0.25) is 0 Å². The molecule has 0 aliphatic rings. The fourth-order valence-electron chi connectivity index (χ4n) is 1.05. The van der Waals surface area contributed by atoms with Crippen LogP contribution in [0.15, 0.2) is 35.2 Å². The Labute approximate surface area is 99.5 Å². The van der Waals surface area contributed by atoms with Crippen molar-refractivity contribution in [2.24, 2.45) is 0 Å². The van der Waals surface area contributed by atoms with E-state index in [1.165, 1.54) is 3.33 Å². The van der Waals surface area contributed by atoms with Gasteiger partial charge in [0, 0.05) is 21.7 Å². The molecule has 0 radical (unpaired) electrons. The Kier molecular flexibility index (Phi) is 3.58. The first kappa shape index (κ1) is 12.7. The molecule has 0 fully saturated rings. The van der Waals surface area contributed by atoms with Crippen molar-refractivity contribution in [3.05, 3.63) is 30.3 Å². The van der Waals surface area contributed by atoms with Gasteiger partial charge in [0.25, 0.3) is 10.0 Å². The van der Waals surface area contributed by atoms with E-state index in [1.54, 1.807) is 30.3 Å². The Morgan fingerprint density at radius 3 is 2.00 bits per heavy atom. The van der Waals surface area contributed by atoms with Crippen LogP contribution in [0.1, 0.15) is 20.8 Å². The van der Waals surface area contributed by atoms with Crippen LogP contribution in [-0.2, 0) is 10.0 Å². The van der Waals surface area contributed by atoms with Crippen molar-refractivity contribution >= 4 is 26.2 Å². The van der Waals surface area contributed by atoms with E-state index in [0.717, 1.165) is 0 Å². The third kappa shape index (κ3) is 2.80. The SMILES string of the molecule is CC(C)(C)N(Br)S(=O)(=O)c1ccccc1. The second-order valence-electron chi connectivity index (χ2n) is 4.20. The van der Waals surface area contributed by atoms with Crippen molar-refractivity contribution in [3.63, 3.8) is 0 Å². The minimum Gasteiger partial charge on any atom is -0.206 e. The Balaban J connectivity index is 3.16. The highest BCUT2D eigenvalue weighted by Gasteiger charge is 2.31. The van der Waals surface area contributed by atoms with E-state index in [1.807, 2.05) is 20.8 Å². The summed E-state index contributed by atoms with van der Waals surface area (Å²) in [6.45, 7) is 5.46. The molecule has 0 aliphatic heterocycles. The fourth-order valence-corrected chi connectivity index (χ4v) is 2.95. The van der Waals surface area contributed by atoms with Crippen LogP contribution in [0, 0.1) is 0 Å². The number of benzene rings is 1. The zero-order valence-electron chi connectivity index (χ0n) is 8.94. The molecular formula is C10H14BrNO2S. The molecule has 0 atom stereocenters. The monoisotopic (exact) mass is 291 g/mol. The zero-order valence-corrected chi connectivity index (χ0v) is 11.3. The van der Waals surface area contributed by atoms with E-state index in [2.05, 4.69) is 16.1 Å². The molecule has 5 heteroatoms. The molecule has 0 bridgehead atoms. The predicted molar refractivity (Wildman–Crippen MR) is 64.1 cm³/mol. The standard InChI is InChI=1S/C10H14BrNO2S/c1-10(2,3)12(11)15(13,14)9-7-5-4-6-8-9/h4-8H,1-3H3. The van der Waals surface area contributed by atoms with Crippen LogP contribution >= 0.6 is 16.1 Å². The van der Waals surface area contributed by atoms with Crippen molar-refractivity contribution in [2.45, 2.75) is 31.2 Å². The molecule has 0 spiro atoms. The molecule has 0 amide bonds. The maximum absolute atomic E-state index is 12.1. The van der Waals surface area contributed by atoms with Crippen LogP contribution in [0.25, 0.3) is 0 Å². The van der Waals surface area contributed by atoms with Gasteiger partial charge in [-0.05, 0) is 32.9 Å². The Morgan fingerprint density at radius 2 is 1.60 bits per heavy atom. The van der Waals surface area contributed by atoms with Gasteiger partial charge in [-0.1, -0.05) is 18.2 Å². The lowest BCUT2D eigenvalue weighted by Gasteiger charge is -2.28. The van der Waals surface area contributed by atoms with Crippen LogP contribution in [0.5, 0.6) is 0 Å². The summed E-state index contributed by atoms with van der Waals surface area (Å²) in [4.78, 5) is 0.289. The van der Waals surface area contributed by atoms with Crippen LogP contribution in [0.3, 0.4) is 0 Å². The number of halogens is 1. The lowest BCUT2D eigenvalue weighted by molar-refractivity contribution is 0.388. The second-order valence-corrected chi connectivity index (χ2v) is 7.17. The van der Waals surface area contributed by atoms with Gasteiger partial charge >= 0.3 is 0 Å². The molecule has 1 aromatic carbocycles. The number of nitrogens with zero attached hydrogens (tertiary/aromatic N) is 1. The van der Waals surface area contributed by atoms with Crippen molar-refractivity contribution in [1.29, 1.82) is 0 Å². The minimum atomic E-state index is -3.45. The van der Waals surface area contributed by atoms with Gasteiger partial charge < -0.3 is 0 Å². The Hall–Kier alpha value is -0.390. The van der Waals surface area contributed by atoms with Crippen molar-refractivity contribution < 1.29 is 8.42 Å². The second kappa shape index (κ2) is 4.23. The smallest absolute Gasteiger partial charge is 0.206 e. The topological polar surface area (TPSA) is 37.4 Å². The molecule has 0 aliphatic carbocycles. The van der Waals surface area contributed by atoms with E-state index >= 15 is 0 Å². The minimum absolute atomic E-state index is 0.289. The zero-order chi connectivity index (χ0) is 11.7.